The van der Waals surface area contributed by atoms with E-state index in [1.807, 2.05) is 29.1 Å². The quantitative estimate of drug-likeness (QED) is 0.548. The molecule has 3 heterocycles. The summed E-state index contributed by atoms with van der Waals surface area (Å²) in [6.07, 6.45) is 7.30. The molecule has 2 aromatic heterocycles. The minimum atomic E-state index is -0.201. The molecule has 1 aliphatic heterocycles. The van der Waals surface area contributed by atoms with Crippen molar-refractivity contribution in [3.05, 3.63) is 72.4 Å². The lowest BCUT2D eigenvalue weighted by Gasteiger charge is -2.33. The van der Waals surface area contributed by atoms with Crippen molar-refractivity contribution in [2.24, 2.45) is 0 Å². The third-order valence-electron chi connectivity index (χ3n) is 5.65. The van der Waals surface area contributed by atoms with Crippen LogP contribution < -0.4 is 15.5 Å². The second-order valence-corrected chi connectivity index (χ2v) is 8.18. The number of amides is 2. The van der Waals surface area contributed by atoms with Crippen molar-refractivity contribution in [3.63, 3.8) is 0 Å². The van der Waals surface area contributed by atoms with Gasteiger partial charge in [0, 0.05) is 75.5 Å². The van der Waals surface area contributed by atoms with Gasteiger partial charge in [-0.05, 0) is 36.9 Å². The number of nitrogens with zero attached hydrogens (tertiary/aromatic N) is 5. The molecule has 172 valence electrons. The number of benzene rings is 1. The maximum Gasteiger partial charge on any atom is 0.251 e. The van der Waals surface area contributed by atoms with Crippen LogP contribution in [0.15, 0.2) is 61.3 Å². The molecule has 0 unspecified atom stereocenters. The zero-order valence-corrected chi connectivity index (χ0v) is 18.8. The Labute approximate surface area is 193 Å². The number of hydrogen-bond donors (Lipinski definition) is 2. The number of piperazine rings is 1. The average Bonchev–Trinajstić information content (AvgIpc) is 3.36. The standard InChI is InChI=1S/C24H29N7O2/c1-29-11-13-31(14-12-29)22-6-5-19(16-26-22)17-27-24(33)20-3-2-4-21(15-20)28-23(32)7-9-30-10-8-25-18-30/h2-6,8,10,15-16,18H,7,9,11-14,17H2,1H3,(H,27,33)(H,28,32). The molecule has 0 saturated carbocycles. The zero-order chi connectivity index (χ0) is 23.0. The molecule has 0 atom stereocenters. The number of imidazole rings is 1. The van der Waals surface area contributed by atoms with E-state index in [1.165, 1.54) is 0 Å². The van der Waals surface area contributed by atoms with Crippen molar-refractivity contribution in [1.29, 1.82) is 0 Å². The molecule has 1 aromatic carbocycles. The number of pyridine rings is 1. The lowest BCUT2D eigenvalue weighted by atomic mass is 10.1. The van der Waals surface area contributed by atoms with Crippen LogP contribution in [0.25, 0.3) is 0 Å². The Balaban J connectivity index is 1.26. The summed E-state index contributed by atoms with van der Waals surface area (Å²) in [5, 5.41) is 5.77. The molecule has 9 nitrogen and oxygen atoms in total. The third kappa shape index (κ3) is 6.39. The van der Waals surface area contributed by atoms with E-state index in [1.54, 1.807) is 36.8 Å². The fourth-order valence-electron chi connectivity index (χ4n) is 3.64. The van der Waals surface area contributed by atoms with Crippen LogP contribution in [0, 0.1) is 0 Å². The Morgan fingerprint density at radius 1 is 1.09 bits per heavy atom. The molecule has 1 aliphatic rings. The van der Waals surface area contributed by atoms with Gasteiger partial charge in [0.2, 0.25) is 5.91 Å². The van der Waals surface area contributed by atoms with Crippen molar-refractivity contribution in [2.45, 2.75) is 19.5 Å². The van der Waals surface area contributed by atoms with Gasteiger partial charge in [0.1, 0.15) is 5.82 Å². The van der Waals surface area contributed by atoms with Crippen molar-refractivity contribution >= 4 is 23.3 Å². The molecular weight excluding hydrogens is 418 g/mol. The van der Waals surface area contributed by atoms with Gasteiger partial charge in [-0.1, -0.05) is 12.1 Å². The summed E-state index contributed by atoms with van der Waals surface area (Å²) in [5.74, 6) is 0.648. The van der Waals surface area contributed by atoms with Gasteiger partial charge in [-0.3, -0.25) is 9.59 Å². The fraction of sp³-hybridized carbons (Fsp3) is 0.333. The zero-order valence-electron chi connectivity index (χ0n) is 18.8. The lowest BCUT2D eigenvalue weighted by Crippen LogP contribution is -2.44. The molecule has 1 saturated heterocycles. The smallest absolute Gasteiger partial charge is 0.251 e. The summed E-state index contributed by atoms with van der Waals surface area (Å²) in [5.41, 5.74) is 2.02. The van der Waals surface area contributed by atoms with Gasteiger partial charge in [-0.15, -0.1) is 0 Å². The van der Waals surface area contributed by atoms with Crippen molar-refractivity contribution in [1.82, 2.24) is 24.8 Å². The van der Waals surface area contributed by atoms with E-state index >= 15 is 0 Å². The number of carbonyl (C=O) groups is 2. The average molecular weight is 448 g/mol. The molecule has 3 aromatic rings. The molecule has 2 N–H and O–H groups in total. The first-order valence-corrected chi connectivity index (χ1v) is 11.1. The van der Waals surface area contributed by atoms with E-state index < -0.39 is 0 Å². The third-order valence-corrected chi connectivity index (χ3v) is 5.65. The second-order valence-electron chi connectivity index (χ2n) is 8.18. The molecule has 0 spiro atoms. The van der Waals surface area contributed by atoms with Crippen LogP contribution >= 0.6 is 0 Å². The van der Waals surface area contributed by atoms with Gasteiger partial charge in [0.05, 0.1) is 6.33 Å². The highest BCUT2D eigenvalue weighted by Gasteiger charge is 2.15. The molecule has 2 amide bonds. The van der Waals surface area contributed by atoms with E-state index in [2.05, 4.69) is 37.4 Å². The number of carbonyl (C=O) groups excluding carboxylic acids is 2. The van der Waals surface area contributed by atoms with Gasteiger partial charge in [-0.25, -0.2) is 9.97 Å². The minimum absolute atomic E-state index is 0.118. The van der Waals surface area contributed by atoms with E-state index in [0.717, 1.165) is 37.6 Å². The van der Waals surface area contributed by atoms with Crippen LogP contribution in [-0.2, 0) is 17.9 Å². The van der Waals surface area contributed by atoms with Crippen LogP contribution in [0.1, 0.15) is 22.3 Å². The fourth-order valence-corrected chi connectivity index (χ4v) is 3.64. The summed E-state index contributed by atoms with van der Waals surface area (Å²) < 4.78 is 1.84. The van der Waals surface area contributed by atoms with E-state index in [0.29, 0.717) is 30.8 Å². The topological polar surface area (TPSA) is 95.4 Å². The Morgan fingerprint density at radius 3 is 2.67 bits per heavy atom. The first-order valence-electron chi connectivity index (χ1n) is 11.1. The predicted molar refractivity (Wildman–Crippen MR) is 127 cm³/mol. The Kier molecular flexibility index (Phi) is 7.31. The molecule has 1 fully saturated rings. The van der Waals surface area contributed by atoms with Crippen LogP contribution in [0.3, 0.4) is 0 Å². The summed E-state index contributed by atoms with van der Waals surface area (Å²) >= 11 is 0. The number of aryl methyl sites for hydroxylation is 1. The summed E-state index contributed by atoms with van der Waals surface area (Å²) in [4.78, 5) is 37.9. The highest BCUT2D eigenvalue weighted by molar-refractivity contribution is 5.97. The van der Waals surface area contributed by atoms with Crippen molar-refractivity contribution in [3.8, 4) is 0 Å². The van der Waals surface area contributed by atoms with E-state index in [4.69, 9.17) is 0 Å². The van der Waals surface area contributed by atoms with Crippen LogP contribution in [0.5, 0.6) is 0 Å². The number of hydrogen-bond acceptors (Lipinski definition) is 6. The SMILES string of the molecule is CN1CCN(c2ccc(CNC(=O)c3cccc(NC(=O)CCn4ccnc4)c3)cn2)CC1. The summed E-state index contributed by atoms with van der Waals surface area (Å²) in [6, 6.07) is 10.9. The number of anilines is 2. The molecule has 33 heavy (non-hydrogen) atoms. The highest BCUT2D eigenvalue weighted by Crippen LogP contribution is 2.14. The van der Waals surface area contributed by atoms with Gasteiger partial charge in [-0.2, -0.15) is 0 Å². The van der Waals surface area contributed by atoms with Crippen molar-refractivity contribution < 1.29 is 9.59 Å². The monoisotopic (exact) mass is 447 g/mol. The van der Waals surface area contributed by atoms with Crippen LogP contribution in [-0.4, -0.2) is 64.5 Å². The number of likely N-dealkylation sites (N-methyl/N-ethyl adjacent to an activating group) is 1. The van der Waals surface area contributed by atoms with E-state index in [-0.39, 0.29) is 11.8 Å². The summed E-state index contributed by atoms with van der Waals surface area (Å²) in [6.45, 7) is 4.93. The molecule has 0 bridgehead atoms. The Bertz CT molecular complexity index is 1060. The number of aromatic nitrogens is 3. The predicted octanol–water partition coefficient (Wildman–Crippen LogP) is 1.99. The lowest BCUT2D eigenvalue weighted by molar-refractivity contribution is -0.116. The Hall–Kier alpha value is -3.72. The van der Waals surface area contributed by atoms with E-state index in [9.17, 15) is 9.59 Å². The van der Waals surface area contributed by atoms with Crippen molar-refractivity contribution in [2.75, 3.05) is 43.4 Å². The first-order chi connectivity index (χ1) is 16.1. The minimum Gasteiger partial charge on any atom is -0.354 e. The number of rotatable bonds is 8. The summed E-state index contributed by atoms with van der Waals surface area (Å²) in [7, 11) is 2.13. The van der Waals surface area contributed by atoms with Crippen LogP contribution in [0.2, 0.25) is 0 Å². The largest absolute Gasteiger partial charge is 0.354 e. The molecule has 0 aliphatic carbocycles. The van der Waals surface area contributed by atoms with Gasteiger partial charge in [0.15, 0.2) is 0 Å². The Morgan fingerprint density at radius 2 is 1.94 bits per heavy atom. The first kappa shape index (κ1) is 22.5. The molecule has 4 rings (SSSR count). The van der Waals surface area contributed by atoms with Gasteiger partial charge < -0.3 is 25.0 Å². The van der Waals surface area contributed by atoms with Gasteiger partial charge in [0.25, 0.3) is 5.91 Å². The maximum atomic E-state index is 12.6. The molecule has 0 radical (unpaired) electrons. The van der Waals surface area contributed by atoms with Crippen LogP contribution in [0.4, 0.5) is 11.5 Å². The second kappa shape index (κ2) is 10.7. The van der Waals surface area contributed by atoms with Gasteiger partial charge >= 0.3 is 0 Å². The normalized spacial score (nSPS) is 14.2. The molecule has 9 heteroatoms. The maximum absolute atomic E-state index is 12.6. The number of nitrogens with one attached hydrogen (secondary N) is 2. The molecular formula is C24H29N7O2. The highest BCUT2D eigenvalue weighted by atomic mass is 16.2.